The molecule has 5 heteroatoms. The van der Waals surface area contributed by atoms with E-state index in [0.29, 0.717) is 6.04 Å². The van der Waals surface area contributed by atoms with Gasteiger partial charge in [0.15, 0.2) is 0 Å². The molecule has 1 aromatic rings. The number of rotatable bonds is 3. The lowest BCUT2D eigenvalue weighted by Gasteiger charge is -2.38. The summed E-state index contributed by atoms with van der Waals surface area (Å²) >= 11 is 1.81. The summed E-state index contributed by atoms with van der Waals surface area (Å²) in [5.74, 6) is 0. The van der Waals surface area contributed by atoms with E-state index in [1.807, 2.05) is 18.7 Å². The van der Waals surface area contributed by atoms with Gasteiger partial charge >= 0.3 is 6.03 Å². The zero-order valence-corrected chi connectivity index (χ0v) is 12.7. The van der Waals surface area contributed by atoms with E-state index in [-0.39, 0.29) is 12.1 Å². The van der Waals surface area contributed by atoms with Crippen molar-refractivity contribution >= 4 is 17.4 Å². The molecule has 4 nitrogen and oxygen atoms in total. The van der Waals surface area contributed by atoms with Crippen LogP contribution in [0.5, 0.6) is 0 Å². The fourth-order valence-electron chi connectivity index (χ4n) is 2.36. The van der Waals surface area contributed by atoms with Gasteiger partial charge in [-0.15, -0.1) is 11.3 Å². The zero-order valence-electron chi connectivity index (χ0n) is 11.9. The van der Waals surface area contributed by atoms with Gasteiger partial charge in [-0.1, -0.05) is 6.07 Å². The molecule has 0 aliphatic carbocycles. The summed E-state index contributed by atoms with van der Waals surface area (Å²) in [4.78, 5) is 17.7. The molecule has 0 spiro atoms. The fraction of sp³-hybridized carbons (Fsp3) is 0.643. The minimum Gasteiger partial charge on any atom is -0.336 e. The van der Waals surface area contributed by atoms with Crippen LogP contribution in [-0.4, -0.2) is 48.1 Å². The summed E-state index contributed by atoms with van der Waals surface area (Å²) in [7, 11) is 0. The van der Waals surface area contributed by atoms with Crippen LogP contribution in [0.3, 0.4) is 0 Å². The van der Waals surface area contributed by atoms with Crippen molar-refractivity contribution in [3.05, 3.63) is 22.4 Å². The van der Waals surface area contributed by atoms with Gasteiger partial charge in [-0.2, -0.15) is 0 Å². The average molecular weight is 281 g/mol. The Labute approximate surface area is 119 Å². The Hall–Kier alpha value is -1.07. The smallest absolute Gasteiger partial charge is 0.317 e. The Bertz CT molecular complexity index is 397. The third-order valence-electron chi connectivity index (χ3n) is 3.52. The van der Waals surface area contributed by atoms with Gasteiger partial charge in [-0.3, -0.25) is 4.90 Å². The molecule has 1 N–H and O–H groups in total. The highest BCUT2D eigenvalue weighted by Gasteiger charge is 2.25. The molecule has 2 heterocycles. The minimum atomic E-state index is 0.0680. The number of hydrogen-bond acceptors (Lipinski definition) is 3. The summed E-state index contributed by atoms with van der Waals surface area (Å²) in [6.07, 6.45) is 0. The van der Waals surface area contributed by atoms with Gasteiger partial charge < -0.3 is 10.2 Å². The molecule has 106 valence electrons. The lowest BCUT2D eigenvalue weighted by Crippen LogP contribution is -2.53. The standard InChI is InChI=1S/C14H23N3OS/c1-11(2)15-14(18)17-8-6-16(7-9-17)12(3)13-5-4-10-19-13/h4-5,10-12H,6-9H2,1-3H3,(H,15,18). The maximum Gasteiger partial charge on any atom is 0.317 e. The summed E-state index contributed by atoms with van der Waals surface area (Å²) in [5, 5.41) is 5.08. The maximum atomic E-state index is 11.9. The first-order valence-electron chi connectivity index (χ1n) is 6.91. The molecule has 0 radical (unpaired) electrons. The molecular weight excluding hydrogens is 258 g/mol. The molecule has 1 saturated heterocycles. The Morgan fingerprint density at radius 3 is 2.47 bits per heavy atom. The molecule has 0 bridgehead atoms. The molecule has 2 rings (SSSR count). The summed E-state index contributed by atoms with van der Waals surface area (Å²) in [6, 6.07) is 5.01. The molecule has 1 fully saturated rings. The average Bonchev–Trinajstić information content (AvgIpc) is 2.91. The van der Waals surface area contributed by atoms with E-state index in [4.69, 9.17) is 0 Å². The topological polar surface area (TPSA) is 35.6 Å². The number of hydrogen-bond donors (Lipinski definition) is 1. The molecular formula is C14H23N3OS. The number of amides is 2. The number of piperazine rings is 1. The predicted molar refractivity (Wildman–Crippen MR) is 79.5 cm³/mol. The van der Waals surface area contributed by atoms with E-state index in [1.165, 1.54) is 4.88 Å². The molecule has 1 aliphatic rings. The molecule has 2 amide bonds. The second kappa shape index (κ2) is 6.39. The van der Waals surface area contributed by atoms with Crippen molar-refractivity contribution in [3.8, 4) is 0 Å². The quantitative estimate of drug-likeness (QED) is 0.924. The molecule has 1 aliphatic heterocycles. The highest BCUT2D eigenvalue weighted by atomic mass is 32.1. The van der Waals surface area contributed by atoms with Gasteiger partial charge in [-0.25, -0.2) is 4.79 Å². The van der Waals surface area contributed by atoms with Crippen LogP contribution in [0.4, 0.5) is 4.79 Å². The van der Waals surface area contributed by atoms with Crippen LogP contribution in [-0.2, 0) is 0 Å². The van der Waals surface area contributed by atoms with Gasteiger partial charge in [0.25, 0.3) is 0 Å². The lowest BCUT2D eigenvalue weighted by atomic mass is 10.2. The van der Waals surface area contributed by atoms with E-state index >= 15 is 0 Å². The minimum absolute atomic E-state index is 0.0680. The molecule has 0 aromatic carbocycles. The number of urea groups is 1. The summed E-state index contributed by atoms with van der Waals surface area (Å²) in [5.41, 5.74) is 0. The largest absolute Gasteiger partial charge is 0.336 e. The van der Waals surface area contributed by atoms with Gasteiger partial charge in [0.1, 0.15) is 0 Å². The van der Waals surface area contributed by atoms with Gasteiger partial charge in [-0.05, 0) is 32.2 Å². The van der Waals surface area contributed by atoms with Crippen molar-refractivity contribution in [2.75, 3.05) is 26.2 Å². The third-order valence-corrected chi connectivity index (χ3v) is 4.56. The summed E-state index contributed by atoms with van der Waals surface area (Å²) < 4.78 is 0. The van der Waals surface area contributed by atoms with Crippen molar-refractivity contribution in [1.82, 2.24) is 15.1 Å². The van der Waals surface area contributed by atoms with E-state index in [9.17, 15) is 4.79 Å². The second-order valence-corrected chi connectivity index (χ2v) is 6.30. The van der Waals surface area contributed by atoms with Gasteiger partial charge in [0.05, 0.1) is 0 Å². The Balaban J connectivity index is 1.84. The van der Waals surface area contributed by atoms with Gasteiger partial charge in [0, 0.05) is 43.1 Å². The van der Waals surface area contributed by atoms with Crippen molar-refractivity contribution in [3.63, 3.8) is 0 Å². The first kappa shape index (κ1) is 14.3. The van der Waals surface area contributed by atoms with Crippen molar-refractivity contribution in [2.45, 2.75) is 32.9 Å². The van der Waals surface area contributed by atoms with Crippen molar-refractivity contribution in [2.24, 2.45) is 0 Å². The first-order valence-corrected chi connectivity index (χ1v) is 7.79. The predicted octanol–water partition coefficient (Wildman–Crippen LogP) is 2.54. The third kappa shape index (κ3) is 3.70. The number of carbonyl (C=O) groups is 1. The number of thiophene rings is 1. The van der Waals surface area contributed by atoms with Crippen LogP contribution in [0.1, 0.15) is 31.7 Å². The van der Waals surface area contributed by atoms with Crippen LogP contribution in [0.15, 0.2) is 17.5 Å². The van der Waals surface area contributed by atoms with Crippen LogP contribution < -0.4 is 5.32 Å². The molecule has 1 atom stereocenters. The molecule has 1 unspecified atom stereocenters. The van der Waals surface area contributed by atoms with E-state index in [0.717, 1.165) is 26.2 Å². The Morgan fingerprint density at radius 2 is 1.95 bits per heavy atom. The normalized spacial score (nSPS) is 18.6. The Morgan fingerprint density at radius 1 is 1.26 bits per heavy atom. The maximum absolute atomic E-state index is 11.9. The zero-order chi connectivity index (χ0) is 13.8. The highest BCUT2D eigenvalue weighted by Crippen LogP contribution is 2.25. The van der Waals surface area contributed by atoms with E-state index in [1.54, 1.807) is 11.3 Å². The van der Waals surface area contributed by atoms with Crippen molar-refractivity contribution in [1.29, 1.82) is 0 Å². The van der Waals surface area contributed by atoms with Crippen LogP contribution in [0, 0.1) is 0 Å². The first-order chi connectivity index (χ1) is 9.08. The molecule has 19 heavy (non-hydrogen) atoms. The van der Waals surface area contributed by atoms with Crippen LogP contribution in [0.25, 0.3) is 0 Å². The number of carbonyl (C=O) groups excluding carboxylic acids is 1. The number of nitrogens with zero attached hydrogens (tertiary/aromatic N) is 2. The molecule has 1 aromatic heterocycles. The second-order valence-electron chi connectivity index (χ2n) is 5.32. The Kier molecular flexibility index (Phi) is 4.82. The van der Waals surface area contributed by atoms with E-state index < -0.39 is 0 Å². The fourth-order valence-corrected chi connectivity index (χ4v) is 3.18. The summed E-state index contributed by atoms with van der Waals surface area (Å²) in [6.45, 7) is 9.76. The van der Waals surface area contributed by atoms with Gasteiger partial charge in [0.2, 0.25) is 0 Å². The monoisotopic (exact) mass is 281 g/mol. The van der Waals surface area contributed by atoms with Crippen LogP contribution in [0.2, 0.25) is 0 Å². The molecule has 0 saturated carbocycles. The number of nitrogens with one attached hydrogen (secondary N) is 1. The van der Waals surface area contributed by atoms with E-state index in [2.05, 4.69) is 34.7 Å². The van der Waals surface area contributed by atoms with Crippen molar-refractivity contribution < 1.29 is 4.79 Å². The lowest BCUT2D eigenvalue weighted by molar-refractivity contribution is 0.114. The van der Waals surface area contributed by atoms with Crippen LogP contribution >= 0.6 is 11.3 Å². The SMILES string of the molecule is CC(C)NC(=O)N1CCN(C(C)c2cccs2)CC1. The highest BCUT2D eigenvalue weighted by molar-refractivity contribution is 7.10.